The molecule has 2 aromatic carbocycles. The molecule has 0 amide bonds. The van der Waals surface area contributed by atoms with Gasteiger partial charge in [-0.05, 0) is 36.4 Å². The standard InChI is InChI=1S/C13H10ClNO2/c14-13(15-16)10-6-8-12(9-7-10)17-11-4-2-1-3-5-11/h1-9,16H. The lowest BCUT2D eigenvalue weighted by atomic mass is 10.2. The molecule has 0 atom stereocenters. The van der Waals surface area contributed by atoms with E-state index in [2.05, 4.69) is 5.16 Å². The number of rotatable bonds is 3. The van der Waals surface area contributed by atoms with E-state index in [1.54, 1.807) is 24.3 Å². The molecule has 0 saturated heterocycles. The van der Waals surface area contributed by atoms with Crippen LogP contribution in [-0.2, 0) is 0 Å². The van der Waals surface area contributed by atoms with Gasteiger partial charge in [-0.25, -0.2) is 0 Å². The predicted molar refractivity (Wildman–Crippen MR) is 67.1 cm³/mol. The Kier molecular flexibility index (Phi) is 3.62. The van der Waals surface area contributed by atoms with Crippen molar-refractivity contribution in [3.63, 3.8) is 0 Å². The average molecular weight is 248 g/mol. The molecule has 17 heavy (non-hydrogen) atoms. The minimum Gasteiger partial charge on any atom is -0.457 e. The Bertz CT molecular complexity index is 509. The first-order valence-corrected chi connectivity index (χ1v) is 5.38. The maximum absolute atomic E-state index is 8.52. The Morgan fingerprint density at radius 3 is 2.12 bits per heavy atom. The summed E-state index contributed by atoms with van der Waals surface area (Å²) in [5, 5.41) is 11.5. The molecule has 0 aromatic heterocycles. The van der Waals surface area contributed by atoms with Crippen molar-refractivity contribution >= 4 is 16.8 Å². The monoisotopic (exact) mass is 247 g/mol. The van der Waals surface area contributed by atoms with Gasteiger partial charge in [-0.1, -0.05) is 35.0 Å². The van der Waals surface area contributed by atoms with Crippen LogP contribution in [-0.4, -0.2) is 10.4 Å². The molecule has 0 aliphatic rings. The van der Waals surface area contributed by atoms with E-state index in [1.807, 2.05) is 30.3 Å². The van der Waals surface area contributed by atoms with Crippen LogP contribution < -0.4 is 4.74 Å². The molecule has 2 rings (SSSR count). The molecule has 0 fully saturated rings. The summed E-state index contributed by atoms with van der Waals surface area (Å²) in [6.07, 6.45) is 0. The van der Waals surface area contributed by atoms with E-state index in [9.17, 15) is 0 Å². The van der Waals surface area contributed by atoms with E-state index in [-0.39, 0.29) is 5.17 Å². The molecule has 0 spiro atoms. The van der Waals surface area contributed by atoms with Crippen LogP contribution >= 0.6 is 11.6 Å². The highest BCUT2D eigenvalue weighted by atomic mass is 35.5. The van der Waals surface area contributed by atoms with E-state index in [1.165, 1.54) is 0 Å². The van der Waals surface area contributed by atoms with Crippen LogP contribution in [0.15, 0.2) is 59.8 Å². The number of hydrogen-bond acceptors (Lipinski definition) is 3. The third-order valence-electron chi connectivity index (χ3n) is 2.16. The molecule has 0 bridgehead atoms. The lowest BCUT2D eigenvalue weighted by molar-refractivity contribution is 0.321. The Labute approximate surface area is 104 Å². The zero-order chi connectivity index (χ0) is 12.1. The normalized spacial score (nSPS) is 11.2. The number of halogens is 1. The van der Waals surface area contributed by atoms with Crippen molar-refractivity contribution in [2.24, 2.45) is 5.16 Å². The van der Waals surface area contributed by atoms with E-state index in [4.69, 9.17) is 21.5 Å². The maximum atomic E-state index is 8.52. The van der Waals surface area contributed by atoms with Gasteiger partial charge in [0.2, 0.25) is 0 Å². The first-order valence-electron chi connectivity index (χ1n) is 5.00. The van der Waals surface area contributed by atoms with Gasteiger partial charge in [-0.3, -0.25) is 0 Å². The van der Waals surface area contributed by atoms with Crippen molar-refractivity contribution in [3.05, 3.63) is 60.2 Å². The van der Waals surface area contributed by atoms with Gasteiger partial charge in [-0.15, -0.1) is 0 Å². The molecule has 0 unspecified atom stereocenters. The van der Waals surface area contributed by atoms with Crippen LogP contribution in [0.4, 0.5) is 0 Å². The second kappa shape index (κ2) is 5.37. The summed E-state index contributed by atoms with van der Waals surface area (Å²) in [6.45, 7) is 0. The van der Waals surface area contributed by atoms with Gasteiger partial charge in [-0.2, -0.15) is 0 Å². The highest BCUT2D eigenvalue weighted by molar-refractivity contribution is 6.69. The summed E-state index contributed by atoms with van der Waals surface area (Å²) in [5.74, 6) is 1.46. The first-order chi connectivity index (χ1) is 8.29. The molecule has 0 heterocycles. The third-order valence-corrected chi connectivity index (χ3v) is 2.45. The van der Waals surface area contributed by atoms with E-state index < -0.39 is 0 Å². The number of para-hydroxylation sites is 1. The number of benzene rings is 2. The van der Waals surface area contributed by atoms with Crippen molar-refractivity contribution in [2.75, 3.05) is 0 Å². The van der Waals surface area contributed by atoms with Gasteiger partial charge in [0.25, 0.3) is 0 Å². The smallest absolute Gasteiger partial charge is 0.175 e. The van der Waals surface area contributed by atoms with E-state index in [0.717, 1.165) is 5.75 Å². The fourth-order valence-electron chi connectivity index (χ4n) is 1.34. The van der Waals surface area contributed by atoms with Gasteiger partial charge in [0, 0.05) is 5.56 Å². The Hall–Kier alpha value is -2.00. The SMILES string of the molecule is ON=C(Cl)c1ccc(Oc2ccccc2)cc1. The number of oxime groups is 1. The lowest BCUT2D eigenvalue weighted by Gasteiger charge is -2.05. The third kappa shape index (κ3) is 2.98. The average Bonchev–Trinajstić information content (AvgIpc) is 2.40. The molecule has 2 aromatic rings. The number of nitrogens with zero attached hydrogens (tertiary/aromatic N) is 1. The minimum absolute atomic E-state index is 0.0521. The molecular weight excluding hydrogens is 238 g/mol. The molecule has 86 valence electrons. The van der Waals surface area contributed by atoms with Gasteiger partial charge in [0.15, 0.2) is 5.17 Å². The minimum atomic E-state index is 0.0521. The van der Waals surface area contributed by atoms with Gasteiger partial charge < -0.3 is 9.94 Å². The van der Waals surface area contributed by atoms with Crippen molar-refractivity contribution in [1.82, 2.24) is 0 Å². The van der Waals surface area contributed by atoms with Crippen LogP contribution in [0.2, 0.25) is 0 Å². The zero-order valence-corrected chi connectivity index (χ0v) is 9.63. The van der Waals surface area contributed by atoms with Crippen molar-refractivity contribution in [1.29, 1.82) is 0 Å². The zero-order valence-electron chi connectivity index (χ0n) is 8.88. The van der Waals surface area contributed by atoms with Crippen LogP contribution in [0.1, 0.15) is 5.56 Å². The topological polar surface area (TPSA) is 41.8 Å². The van der Waals surface area contributed by atoms with Crippen LogP contribution in [0.3, 0.4) is 0 Å². The fourth-order valence-corrected chi connectivity index (χ4v) is 1.47. The Balaban J connectivity index is 2.14. The van der Waals surface area contributed by atoms with Crippen LogP contribution in [0.5, 0.6) is 11.5 Å². The predicted octanol–water partition coefficient (Wildman–Crippen LogP) is 3.85. The number of hydrogen-bond donors (Lipinski definition) is 1. The molecule has 0 aliphatic heterocycles. The summed E-state index contributed by atoms with van der Waals surface area (Å²) in [7, 11) is 0. The first kappa shape index (κ1) is 11.5. The maximum Gasteiger partial charge on any atom is 0.175 e. The Morgan fingerprint density at radius 2 is 1.53 bits per heavy atom. The molecule has 3 nitrogen and oxygen atoms in total. The molecule has 0 saturated carbocycles. The van der Waals surface area contributed by atoms with Crippen molar-refractivity contribution in [3.8, 4) is 11.5 Å². The van der Waals surface area contributed by atoms with Gasteiger partial charge >= 0.3 is 0 Å². The summed E-state index contributed by atoms with van der Waals surface area (Å²) in [4.78, 5) is 0. The number of ether oxygens (including phenoxy) is 1. The van der Waals surface area contributed by atoms with Gasteiger partial charge in [0.05, 0.1) is 0 Å². The summed E-state index contributed by atoms with van der Waals surface area (Å²) < 4.78 is 5.60. The second-order valence-corrected chi connectivity index (χ2v) is 3.69. The van der Waals surface area contributed by atoms with Crippen LogP contribution in [0.25, 0.3) is 0 Å². The highest BCUT2D eigenvalue weighted by Gasteiger charge is 2.01. The molecule has 0 radical (unpaired) electrons. The highest BCUT2D eigenvalue weighted by Crippen LogP contribution is 2.21. The fraction of sp³-hybridized carbons (Fsp3) is 0. The van der Waals surface area contributed by atoms with Crippen molar-refractivity contribution in [2.45, 2.75) is 0 Å². The van der Waals surface area contributed by atoms with Gasteiger partial charge in [0.1, 0.15) is 11.5 Å². The largest absolute Gasteiger partial charge is 0.457 e. The second-order valence-electron chi connectivity index (χ2n) is 3.33. The molecule has 4 heteroatoms. The molecule has 0 aliphatic carbocycles. The van der Waals surface area contributed by atoms with E-state index in [0.29, 0.717) is 11.3 Å². The van der Waals surface area contributed by atoms with E-state index >= 15 is 0 Å². The summed E-state index contributed by atoms with van der Waals surface area (Å²) in [5.41, 5.74) is 0.634. The quantitative estimate of drug-likeness (QED) is 0.508. The van der Waals surface area contributed by atoms with Crippen molar-refractivity contribution < 1.29 is 9.94 Å². The van der Waals surface area contributed by atoms with Crippen LogP contribution in [0, 0.1) is 0 Å². The lowest BCUT2D eigenvalue weighted by Crippen LogP contribution is -1.91. The summed E-state index contributed by atoms with van der Waals surface area (Å²) in [6, 6.07) is 16.4. The molecular formula is C13H10ClNO2. The Morgan fingerprint density at radius 1 is 0.941 bits per heavy atom. The summed E-state index contributed by atoms with van der Waals surface area (Å²) >= 11 is 5.66. The molecule has 1 N–H and O–H groups in total.